The number of rotatable bonds is 10. The summed E-state index contributed by atoms with van der Waals surface area (Å²) in [6.07, 6.45) is -3.18. The Morgan fingerprint density at radius 3 is 2.76 bits per heavy atom. The van der Waals surface area contributed by atoms with Crippen LogP contribution in [0.25, 0.3) is 0 Å². The number of nitrogens with zero attached hydrogens (tertiary/aromatic N) is 3. The maximum atomic E-state index is 12.9. The first-order valence-electron chi connectivity index (χ1n) is 11.8. The zero-order valence-electron chi connectivity index (χ0n) is 21.3. The van der Waals surface area contributed by atoms with E-state index in [1.54, 1.807) is 41.8 Å². The fraction of sp³-hybridized carbons (Fsp3) is 0.143. The molecule has 0 spiro atoms. The normalized spacial score (nSPS) is 11.2. The molecule has 3 aromatic carbocycles. The van der Waals surface area contributed by atoms with Gasteiger partial charge in [-0.15, -0.1) is 11.3 Å². The minimum absolute atomic E-state index is 0.0981. The Morgan fingerprint density at radius 1 is 1.20 bits per heavy atom. The summed E-state index contributed by atoms with van der Waals surface area (Å²) < 4.78 is 50.0. The van der Waals surface area contributed by atoms with Crippen LogP contribution in [0.15, 0.2) is 71.1 Å². The molecule has 0 atom stereocenters. The van der Waals surface area contributed by atoms with Gasteiger partial charge in [0, 0.05) is 16.6 Å². The molecule has 1 aromatic heterocycles. The molecule has 8 nitrogen and oxygen atoms in total. The lowest BCUT2D eigenvalue weighted by atomic mass is 10.1. The van der Waals surface area contributed by atoms with Gasteiger partial charge in [-0.25, -0.2) is 10.4 Å². The molecule has 1 amide bonds. The van der Waals surface area contributed by atoms with E-state index >= 15 is 0 Å². The maximum Gasteiger partial charge on any atom is 0.416 e. The van der Waals surface area contributed by atoms with Crippen molar-refractivity contribution >= 4 is 45.9 Å². The highest BCUT2D eigenvalue weighted by Crippen LogP contribution is 2.37. The van der Waals surface area contributed by atoms with Crippen molar-refractivity contribution in [1.82, 2.24) is 10.4 Å². The zero-order valence-corrected chi connectivity index (χ0v) is 22.9. The predicted octanol–water partition coefficient (Wildman–Crippen LogP) is 6.71. The highest BCUT2D eigenvalue weighted by atomic mass is 35.5. The van der Waals surface area contributed by atoms with Gasteiger partial charge in [-0.2, -0.15) is 23.5 Å². The number of methoxy groups -OCH3 is 1. The number of hydrogen-bond donors (Lipinski definition) is 2. The van der Waals surface area contributed by atoms with Crippen LogP contribution >= 0.6 is 22.9 Å². The van der Waals surface area contributed by atoms with E-state index in [0.29, 0.717) is 39.0 Å². The van der Waals surface area contributed by atoms with Gasteiger partial charge in [0.05, 0.1) is 47.7 Å². The Labute approximate surface area is 242 Å². The van der Waals surface area contributed by atoms with Crippen molar-refractivity contribution in [2.24, 2.45) is 5.10 Å². The van der Waals surface area contributed by atoms with E-state index in [0.717, 1.165) is 23.5 Å². The molecule has 210 valence electrons. The second-order valence-electron chi connectivity index (χ2n) is 8.41. The number of thiazole rings is 1. The molecule has 13 heteroatoms. The summed E-state index contributed by atoms with van der Waals surface area (Å²) in [4.78, 5) is 16.6. The molecule has 0 saturated carbocycles. The van der Waals surface area contributed by atoms with Gasteiger partial charge in [0.15, 0.2) is 16.6 Å². The number of carbonyl (C=O) groups is 1. The van der Waals surface area contributed by atoms with Crippen LogP contribution in [0, 0.1) is 11.3 Å². The van der Waals surface area contributed by atoms with Gasteiger partial charge in [-0.05, 0) is 42.0 Å². The highest BCUT2D eigenvalue weighted by Gasteiger charge is 2.30. The molecule has 4 aromatic rings. The summed E-state index contributed by atoms with van der Waals surface area (Å²) in [5, 5.41) is 18.2. The molecule has 0 bridgehead atoms. The number of amides is 1. The van der Waals surface area contributed by atoms with Crippen LogP contribution in [-0.2, 0) is 24.0 Å². The lowest BCUT2D eigenvalue weighted by Crippen LogP contribution is -2.20. The van der Waals surface area contributed by atoms with E-state index < -0.39 is 17.6 Å². The molecule has 0 aliphatic rings. The minimum atomic E-state index is -4.46. The van der Waals surface area contributed by atoms with Crippen molar-refractivity contribution < 1.29 is 27.4 Å². The standard InChI is InChI=1S/C28H21ClF3N5O3S/c1-39-24-10-17(9-23(29)26(24)40-15-19-6-3-2-5-18(19)13-33)14-34-37-25(38)12-22-16-41-27(36-22)35-21-8-4-7-20(11-21)28(30,31)32/h2-11,14,16H,12,15H2,1H3,(H,35,36)(H,37,38)/b34-14-. The maximum absolute atomic E-state index is 12.9. The van der Waals surface area contributed by atoms with Gasteiger partial charge in [0.25, 0.3) is 0 Å². The van der Waals surface area contributed by atoms with Crippen LogP contribution in [0.5, 0.6) is 11.5 Å². The number of halogens is 4. The van der Waals surface area contributed by atoms with E-state index in [-0.39, 0.29) is 23.7 Å². The van der Waals surface area contributed by atoms with Gasteiger partial charge in [-0.1, -0.05) is 35.9 Å². The molecule has 0 aliphatic heterocycles. The fourth-order valence-corrected chi connectivity index (χ4v) is 4.59. The van der Waals surface area contributed by atoms with E-state index in [1.807, 2.05) is 0 Å². The van der Waals surface area contributed by atoms with E-state index in [1.165, 1.54) is 25.5 Å². The van der Waals surface area contributed by atoms with Gasteiger partial charge >= 0.3 is 6.18 Å². The number of ether oxygens (including phenoxy) is 2. The molecule has 1 heterocycles. The van der Waals surface area contributed by atoms with E-state index in [9.17, 15) is 23.2 Å². The molecule has 4 rings (SSSR count). The van der Waals surface area contributed by atoms with Crippen molar-refractivity contribution in [3.05, 3.63) is 99.0 Å². The molecule has 0 aliphatic carbocycles. The second-order valence-corrected chi connectivity index (χ2v) is 9.67. The van der Waals surface area contributed by atoms with Crippen molar-refractivity contribution in [1.29, 1.82) is 5.26 Å². The van der Waals surface area contributed by atoms with Crippen molar-refractivity contribution in [3.8, 4) is 17.6 Å². The number of anilines is 2. The van der Waals surface area contributed by atoms with Crippen LogP contribution in [0.4, 0.5) is 24.0 Å². The van der Waals surface area contributed by atoms with Crippen LogP contribution in [0.3, 0.4) is 0 Å². The van der Waals surface area contributed by atoms with Gasteiger partial charge < -0.3 is 14.8 Å². The molecule has 0 radical (unpaired) electrons. The quantitative estimate of drug-likeness (QED) is 0.155. The Kier molecular flexibility index (Phi) is 9.44. The monoisotopic (exact) mass is 599 g/mol. The molecule has 0 fully saturated rings. The first-order chi connectivity index (χ1) is 19.7. The minimum Gasteiger partial charge on any atom is -0.493 e. The number of hydrazone groups is 1. The Bertz CT molecular complexity index is 1620. The van der Waals surface area contributed by atoms with Crippen LogP contribution < -0.4 is 20.2 Å². The number of aromatic nitrogens is 1. The molecular weight excluding hydrogens is 579 g/mol. The Morgan fingerprint density at radius 2 is 2.00 bits per heavy atom. The fourth-order valence-electron chi connectivity index (χ4n) is 3.58. The number of nitriles is 1. The third-order valence-electron chi connectivity index (χ3n) is 5.50. The predicted molar refractivity (Wildman–Crippen MR) is 150 cm³/mol. The largest absolute Gasteiger partial charge is 0.493 e. The summed E-state index contributed by atoms with van der Waals surface area (Å²) in [6.45, 7) is 0.108. The topological polar surface area (TPSA) is 109 Å². The summed E-state index contributed by atoms with van der Waals surface area (Å²) in [5.74, 6) is 0.176. The highest BCUT2D eigenvalue weighted by molar-refractivity contribution is 7.13. The van der Waals surface area contributed by atoms with E-state index in [4.69, 9.17) is 21.1 Å². The number of hydrogen-bond acceptors (Lipinski definition) is 8. The first kappa shape index (κ1) is 29.4. The number of carbonyl (C=O) groups excluding carboxylic acids is 1. The lowest BCUT2D eigenvalue weighted by Gasteiger charge is -2.14. The summed E-state index contributed by atoms with van der Waals surface area (Å²) in [6, 6.07) is 17.1. The summed E-state index contributed by atoms with van der Waals surface area (Å²) >= 11 is 7.56. The van der Waals surface area contributed by atoms with Gasteiger partial charge in [-0.3, -0.25) is 4.79 Å². The number of alkyl halides is 3. The number of nitrogens with one attached hydrogen (secondary N) is 2. The molecule has 41 heavy (non-hydrogen) atoms. The van der Waals surface area contributed by atoms with Crippen molar-refractivity contribution in [2.75, 3.05) is 12.4 Å². The van der Waals surface area contributed by atoms with Crippen LogP contribution in [0.2, 0.25) is 5.02 Å². The average molecular weight is 600 g/mol. The smallest absolute Gasteiger partial charge is 0.416 e. The first-order valence-corrected chi connectivity index (χ1v) is 13.1. The summed E-state index contributed by atoms with van der Waals surface area (Å²) in [5.41, 5.74) is 3.98. The molecular formula is C28H21ClF3N5O3S. The third kappa shape index (κ3) is 7.97. The van der Waals surface area contributed by atoms with Crippen LogP contribution in [0.1, 0.15) is 27.9 Å². The second kappa shape index (κ2) is 13.2. The Hall–Kier alpha value is -4.60. The van der Waals surface area contributed by atoms with Crippen molar-refractivity contribution in [2.45, 2.75) is 19.2 Å². The lowest BCUT2D eigenvalue weighted by molar-refractivity contribution is -0.137. The molecule has 2 N–H and O–H groups in total. The van der Waals surface area contributed by atoms with Gasteiger partial charge in [0.1, 0.15) is 6.61 Å². The SMILES string of the molecule is COc1cc(/C=N\NC(=O)Cc2csc(Nc3cccc(C(F)(F)F)c3)n2)cc(Cl)c1OCc1ccccc1C#N. The molecule has 0 saturated heterocycles. The zero-order chi connectivity index (χ0) is 29.4. The summed E-state index contributed by atoms with van der Waals surface area (Å²) in [7, 11) is 1.45. The number of benzene rings is 3. The Balaban J connectivity index is 1.33. The molecule has 0 unspecified atom stereocenters. The average Bonchev–Trinajstić information content (AvgIpc) is 3.38. The van der Waals surface area contributed by atoms with E-state index in [2.05, 4.69) is 26.9 Å². The van der Waals surface area contributed by atoms with Crippen molar-refractivity contribution in [3.63, 3.8) is 0 Å². The third-order valence-corrected chi connectivity index (χ3v) is 6.59. The van der Waals surface area contributed by atoms with Gasteiger partial charge in [0.2, 0.25) is 5.91 Å². The van der Waals surface area contributed by atoms with Crippen LogP contribution in [-0.4, -0.2) is 24.2 Å².